The Balaban J connectivity index is 2.30. The molecule has 1 aliphatic rings. The summed E-state index contributed by atoms with van der Waals surface area (Å²) < 4.78 is 6.38. The van der Waals surface area contributed by atoms with Crippen molar-refractivity contribution >= 4 is 21.6 Å². The van der Waals surface area contributed by atoms with E-state index in [1.54, 1.807) is 0 Å². The third-order valence-corrected chi connectivity index (χ3v) is 3.52. The van der Waals surface area contributed by atoms with Crippen LogP contribution in [0, 0.1) is 11.3 Å². The Bertz CT molecular complexity index is 470. The molecule has 1 heterocycles. The van der Waals surface area contributed by atoms with Gasteiger partial charge in [-0.15, -0.1) is 0 Å². The van der Waals surface area contributed by atoms with Gasteiger partial charge in [0.2, 0.25) is 0 Å². The normalized spacial score (nSPS) is 21.4. The van der Waals surface area contributed by atoms with Gasteiger partial charge in [0, 0.05) is 22.7 Å². The summed E-state index contributed by atoms with van der Waals surface area (Å²) in [7, 11) is 0. The molecule has 4 nitrogen and oxygen atoms in total. The predicted molar refractivity (Wildman–Crippen MR) is 74.3 cm³/mol. The van der Waals surface area contributed by atoms with Gasteiger partial charge in [-0.2, -0.15) is 5.26 Å². The molecule has 96 valence electrons. The molecule has 2 rings (SSSR count). The first-order valence-electron chi connectivity index (χ1n) is 5.93. The lowest BCUT2D eigenvalue weighted by Crippen LogP contribution is -2.42. The maximum Gasteiger partial charge on any atom is 0.161 e. The standard InChI is InChI=1S/C13H16BrN3O/c1-9(16)12-6-10(14)2-3-13(12)17-4-5-18-11(7-15)8-17/h2-3,6,9,11H,4-5,8,16H2,1H3. The maximum atomic E-state index is 8.94. The summed E-state index contributed by atoms with van der Waals surface area (Å²) in [5, 5.41) is 8.94. The Labute approximate surface area is 115 Å². The number of nitrogens with two attached hydrogens (primary N) is 1. The highest BCUT2D eigenvalue weighted by atomic mass is 79.9. The van der Waals surface area contributed by atoms with Gasteiger partial charge in [-0.1, -0.05) is 15.9 Å². The number of hydrogen-bond acceptors (Lipinski definition) is 4. The SMILES string of the molecule is CC(N)c1cc(Br)ccc1N1CCOC(C#N)C1. The lowest BCUT2D eigenvalue weighted by atomic mass is 10.1. The van der Waals surface area contributed by atoms with E-state index in [-0.39, 0.29) is 12.1 Å². The smallest absolute Gasteiger partial charge is 0.161 e. The second-order valence-corrected chi connectivity index (χ2v) is 5.34. The molecule has 0 amide bonds. The summed E-state index contributed by atoms with van der Waals surface area (Å²) in [5.41, 5.74) is 8.19. The number of ether oxygens (including phenoxy) is 1. The highest BCUT2D eigenvalue weighted by Gasteiger charge is 2.22. The first kappa shape index (κ1) is 13.3. The molecule has 2 unspecified atom stereocenters. The fourth-order valence-electron chi connectivity index (χ4n) is 2.12. The molecule has 2 N–H and O–H groups in total. The lowest BCUT2D eigenvalue weighted by Gasteiger charge is -2.33. The van der Waals surface area contributed by atoms with Gasteiger partial charge in [0.1, 0.15) is 0 Å². The second-order valence-electron chi connectivity index (χ2n) is 4.43. The highest BCUT2D eigenvalue weighted by Crippen LogP contribution is 2.29. The van der Waals surface area contributed by atoms with E-state index < -0.39 is 0 Å². The van der Waals surface area contributed by atoms with Crippen LogP contribution in [0.3, 0.4) is 0 Å². The third kappa shape index (κ3) is 2.83. The molecule has 2 atom stereocenters. The largest absolute Gasteiger partial charge is 0.365 e. The molecule has 18 heavy (non-hydrogen) atoms. The van der Waals surface area contributed by atoms with Gasteiger partial charge in [0.25, 0.3) is 0 Å². The third-order valence-electron chi connectivity index (χ3n) is 3.03. The van der Waals surface area contributed by atoms with Crippen molar-refractivity contribution in [3.8, 4) is 6.07 Å². The summed E-state index contributed by atoms with van der Waals surface area (Å²) in [6.45, 7) is 3.93. The topological polar surface area (TPSA) is 62.3 Å². The van der Waals surface area contributed by atoms with Crippen LogP contribution in [0.15, 0.2) is 22.7 Å². The summed E-state index contributed by atoms with van der Waals surface area (Å²) in [4.78, 5) is 2.17. The number of morpholine rings is 1. The predicted octanol–water partition coefficient (Wildman–Crippen LogP) is 2.20. The zero-order valence-corrected chi connectivity index (χ0v) is 11.9. The molecule has 0 aliphatic carbocycles. The Morgan fingerprint density at radius 1 is 1.61 bits per heavy atom. The number of nitriles is 1. The van der Waals surface area contributed by atoms with Crippen molar-refractivity contribution in [2.24, 2.45) is 5.73 Å². The first-order chi connectivity index (χ1) is 8.61. The van der Waals surface area contributed by atoms with Crippen LogP contribution in [0.2, 0.25) is 0 Å². The van der Waals surface area contributed by atoms with Crippen LogP contribution < -0.4 is 10.6 Å². The van der Waals surface area contributed by atoms with Crippen molar-refractivity contribution in [1.82, 2.24) is 0 Å². The van der Waals surface area contributed by atoms with E-state index in [9.17, 15) is 0 Å². The molecule has 0 spiro atoms. The minimum absolute atomic E-state index is 0.0409. The Morgan fingerprint density at radius 3 is 3.06 bits per heavy atom. The number of anilines is 1. The van der Waals surface area contributed by atoms with Crippen molar-refractivity contribution in [3.05, 3.63) is 28.2 Å². The summed E-state index contributed by atoms with van der Waals surface area (Å²) >= 11 is 3.46. The van der Waals surface area contributed by atoms with Crippen LogP contribution in [0.1, 0.15) is 18.5 Å². The molecule has 1 fully saturated rings. The second kappa shape index (κ2) is 5.70. The van der Waals surface area contributed by atoms with Gasteiger partial charge in [-0.25, -0.2) is 0 Å². The van der Waals surface area contributed by atoms with E-state index in [0.29, 0.717) is 13.2 Å². The van der Waals surface area contributed by atoms with Crippen LogP contribution in [0.5, 0.6) is 0 Å². The summed E-state index contributed by atoms with van der Waals surface area (Å²) in [6.07, 6.45) is -0.358. The molecule has 0 aromatic heterocycles. The van der Waals surface area contributed by atoms with Crippen molar-refractivity contribution < 1.29 is 4.74 Å². The molecular formula is C13H16BrN3O. The van der Waals surface area contributed by atoms with Gasteiger partial charge >= 0.3 is 0 Å². The lowest BCUT2D eigenvalue weighted by molar-refractivity contribution is 0.0764. The van der Waals surface area contributed by atoms with Crippen LogP contribution in [0.4, 0.5) is 5.69 Å². The minimum Gasteiger partial charge on any atom is -0.365 e. The van der Waals surface area contributed by atoms with Crippen molar-refractivity contribution in [1.29, 1.82) is 5.26 Å². The summed E-state index contributed by atoms with van der Waals surface area (Å²) in [6, 6.07) is 8.20. The van der Waals surface area contributed by atoms with Gasteiger partial charge in [0.15, 0.2) is 6.10 Å². The van der Waals surface area contributed by atoms with E-state index in [1.807, 2.05) is 25.1 Å². The first-order valence-corrected chi connectivity index (χ1v) is 6.72. The Morgan fingerprint density at radius 2 is 2.39 bits per heavy atom. The summed E-state index contributed by atoms with van der Waals surface area (Å²) in [5.74, 6) is 0. The highest BCUT2D eigenvalue weighted by molar-refractivity contribution is 9.10. The van der Waals surface area contributed by atoms with Crippen LogP contribution in [-0.4, -0.2) is 25.8 Å². The minimum atomic E-state index is -0.358. The number of benzene rings is 1. The van der Waals surface area contributed by atoms with Gasteiger partial charge in [-0.3, -0.25) is 0 Å². The quantitative estimate of drug-likeness (QED) is 0.909. The molecule has 0 saturated carbocycles. The van der Waals surface area contributed by atoms with Gasteiger partial charge in [0.05, 0.1) is 19.2 Å². The van der Waals surface area contributed by atoms with Crippen LogP contribution >= 0.6 is 15.9 Å². The maximum absolute atomic E-state index is 8.94. The van der Waals surface area contributed by atoms with E-state index in [0.717, 1.165) is 22.3 Å². The molecule has 1 aliphatic heterocycles. The Kier molecular flexibility index (Phi) is 4.23. The molecule has 0 radical (unpaired) electrons. The number of halogens is 1. The Hall–Kier alpha value is -1.09. The van der Waals surface area contributed by atoms with E-state index in [4.69, 9.17) is 15.7 Å². The van der Waals surface area contributed by atoms with Crippen LogP contribution in [-0.2, 0) is 4.74 Å². The van der Waals surface area contributed by atoms with E-state index >= 15 is 0 Å². The van der Waals surface area contributed by atoms with Crippen LogP contribution in [0.25, 0.3) is 0 Å². The number of hydrogen-bond donors (Lipinski definition) is 1. The fraction of sp³-hybridized carbons (Fsp3) is 0.462. The molecule has 1 aromatic rings. The molecular weight excluding hydrogens is 294 g/mol. The van der Waals surface area contributed by atoms with Crippen molar-refractivity contribution in [2.45, 2.75) is 19.1 Å². The average Bonchev–Trinajstić information content (AvgIpc) is 2.38. The van der Waals surface area contributed by atoms with Crippen molar-refractivity contribution in [2.75, 3.05) is 24.6 Å². The van der Waals surface area contributed by atoms with Gasteiger partial charge < -0.3 is 15.4 Å². The molecule has 1 saturated heterocycles. The van der Waals surface area contributed by atoms with Crippen molar-refractivity contribution in [3.63, 3.8) is 0 Å². The number of rotatable bonds is 2. The number of nitrogens with zero attached hydrogens (tertiary/aromatic N) is 2. The molecule has 5 heteroatoms. The zero-order chi connectivity index (χ0) is 13.1. The zero-order valence-electron chi connectivity index (χ0n) is 10.3. The van der Waals surface area contributed by atoms with E-state index in [2.05, 4.69) is 26.9 Å². The molecule has 0 bridgehead atoms. The average molecular weight is 310 g/mol. The fourth-order valence-corrected chi connectivity index (χ4v) is 2.50. The monoisotopic (exact) mass is 309 g/mol. The van der Waals surface area contributed by atoms with E-state index in [1.165, 1.54) is 0 Å². The molecule has 1 aromatic carbocycles. The van der Waals surface area contributed by atoms with Gasteiger partial charge in [-0.05, 0) is 30.7 Å².